The molecule has 2 atom stereocenters. The van der Waals surface area contributed by atoms with Gasteiger partial charge in [0.25, 0.3) is 0 Å². The number of nitrogens with one attached hydrogen (secondary N) is 1. The van der Waals surface area contributed by atoms with Crippen LogP contribution in [0.4, 0.5) is 0 Å². The van der Waals surface area contributed by atoms with Gasteiger partial charge in [-0.2, -0.15) is 11.8 Å². The molecule has 0 spiro atoms. The van der Waals surface area contributed by atoms with Gasteiger partial charge in [-0.1, -0.05) is 37.3 Å². The van der Waals surface area contributed by atoms with E-state index in [9.17, 15) is 14.7 Å². The van der Waals surface area contributed by atoms with E-state index in [-0.39, 0.29) is 23.2 Å². The highest BCUT2D eigenvalue weighted by Crippen LogP contribution is 2.48. The maximum absolute atomic E-state index is 13.7. The second kappa shape index (κ2) is 11.6. The Morgan fingerprint density at radius 1 is 1.19 bits per heavy atom. The Kier molecular flexibility index (Phi) is 8.46. The molecule has 1 aliphatic heterocycles. The van der Waals surface area contributed by atoms with Gasteiger partial charge in [-0.3, -0.25) is 4.79 Å². The van der Waals surface area contributed by atoms with Crippen molar-refractivity contribution in [1.29, 1.82) is 0 Å². The van der Waals surface area contributed by atoms with Gasteiger partial charge >= 0.3 is 5.97 Å². The smallest absolute Gasteiger partial charge is 0.336 e. The van der Waals surface area contributed by atoms with Gasteiger partial charge < -0.3 is 19.9 Å². The molecule has 0 bridgehead atoms. The van der Waals surface area contributed by atoms with Gasteiger partial charge in [0.1, 0.15) is 6.61 Å². The number of phenolic OH excluding ortho intramolecular Hbond substituents is 1. The van der Waals surface area contributed by atoms with Gasteiger partial charge in [-0.25, -0.2) is 4.79 Å². The largest absolute Gasteiger partial charge is 0.503 e. The van der Waals surface area contributed by atoms with Gasteiger partial charge in [0.15, 0.2) is 17.3 Å². The topological polar surface area (TPSA) is 84.9 Å². The number of hydrogen-bond donors (Lipinski definition) is 2. The summed E-state index contributed by atoms with van der Waals surface area (Å²) in [6.45, 7) is 4.19. The highest BCUT2D eigenvalue weighted by Gasteiger charge is 2.41. The second-order valence-corrected chi connectivity index (χ2v) is 11.1. The lowest BCUT2D eigenvalue weighted by Crippen LogP contribution is -2.36. The number of halogens is 1. The van der Waals surface area contributed by atoms with Crippen LogP contribution in [-0.2, 0) is 14.3 Å². The van der Waals surface area contributed by atoms with Crippen molar-refractivity contribution in [3.05, 3.63) is 80.6 Å². The quantitative estimate of drug-likeness (QED) is 0.305. The lowest BCUT2D eigenvalue weighted by molar-refractivity contribution is -0.138. The van der Waals surface area contributed by atoms with Crippen molar-refractivity contribution < 1.29 is 24.2 Å². The first-order valence-electron chi connectivity index (χ1n) is 12.0. The first-order valence-corrected chi connectivity index (χ1v) is 13.9. The average molecular weight is 573 g/mol. The Hall–Kier alpha value is -2.71. The third-order valence-electron chi connectivity index (χ3n) is 6.59. The van der Waals surface area contributed by atoms with Crippen LogP contribution in [0, 0.1) is 0 Å². The molecule has 2 aliphatic rings. The number of carbonyl (C=O) groups is 2. The summed E-state index contributed by atoms with van der Waals surface area (Å²) in [6, 6.07) is 13.5. The van der Waals surface area contributed by atoms with E-state index in [0.717, 1.165) is 17.0 Å². The number of dihydropyridines is 1. The van der Waals surface area contributed by atoms with E-state index < -0.39 is 11.9 Å². The monoisotopic (exact) mass is 571 g/mol. The maximum atomic E-state index is 13.7. The van der Waals surface area contributed by atoms with Crippen molar-refractivity contribution in [1.82, 2.24) is 5.32 Å². The first kappa shape index (κ1) is 26.4. The van der Waals surface area contributed by atoms with Crippen molar-refractivity contribution in [2.75, 3.05) is 25.2 Å². The van der Waals surface area contributed by atoms with Crippen molar-refractivity contribution in [3.8, 4) is 11.5 Å². The molecule has 0 amide bonds. The summed E-state index contributed by atoms with van der Waals surface area (Å²) in [6.07, 6.45) is 1.01. The Balaban J connectivity index is 1.78. The Labute approximate surface area is 224 Å². The fourth-order valence-corrected chi connectivity index (χ4v) is 5.88. The van der Waals surface area contributed by atoms with Crippen LogP contribution in [0.15, 0.2) is 69.5 Å². The van der Waals surface area contributed by atoms with E-state index in [1.807, 2.05) is 37.3 Å². The molecule has 190 valence electrons. The second-order valence-electron chi connectivity index (χ2n) is 8.81. The standard InChI is InChI=1S/C28H30BrNO5S/c1-4-36-11-10-35-28(33)24-16(2)30-21-13-18(17-8-6-5-7-9-17)14-22(31)26(21)25(24)19-12-20(29)27(32)23(15-19)34-3/h5-9,12,15,18,25,30,32H,4,10-11,13-14H2,1-3H3/t18-,25-/m0/s1. The Morgan fingerprint density at radius 2 is 1.94 bits per heavy atom. The van der Waals surface area contributed by atoms with Crippen LogP contribution in [0.5, 0.6) is 11.5 Å². The molecule has 8 heteroatoms. The number of aromatic hydroxyl groups is 1. The molecule has 0 saturated heterocycles. The van der Waals surface area contributed by atoms with Crippen LogP contribution < -0.4 is 10.1 Å². The molecule has 2 N–H and O–H groups in total. The van der Waals surface area contributed by atoms with Crippen molar-refractivity contribution in [2.45, 2.75) is 38.5 Å². The highest BCUT2D eigenvalue weighted by molar-refractivity contribution is 9.10. The molecule has 36 heavy (non-hydrogen) atoms. The number of thioether (sulfide) groups is 1. The molecule has 1 heterocycles. The minimum Gasteiger partial charge on any atom is -0.503 e. The number of rotatable bonds is 8. The molecule has 2 aromatic rings. The first-order chi connectivity index (χ1) is 17.3. The fourth-order valence-electron chi connectivity index (χ4n) is 4.94. The molecule has 0 radical (unpaired) electrons. The minimum atomic E-state index is -0.636. The van der Waals surface area contributed by atoms with Gasteiger partial charge in [0.05, 0.1) is 17.2 Å². The lowest BCUT2D eigenvalue weighted by atomic mass is 9.71. The van der Waals surface area contributed by atoms with E-state index in [1.54, 1.807) is 23.9 Å². The summed E-state index contributed by atoms with van der Waals surface area (Å²) < 4.78 is 11.4. The summed E-state index contributed by atoms with van der Waals surface area (Å²) >= 11 is 5.09. The third-order valence-corrected chi connectivity index (χ3v) is 8.06. The Bertz CT molecular complexity index is 1220. The predicted octanol–water partition coefficient (Wildman–Crippen LogP) is 5.82. The van der Waals surface area contributed by atoms with Crippen molar-refractivity contribution >= 4 is 39.4 Å². The average Bonchev–Trinajstić information content (AvgIpc) is 2.87. The zero-order chi connectivity index (χ0) is 25.8. The van der Waals surface area contributed by atoms with Crippen LogP contribution in [-0.4, -0.2) is 42.1 Å². The van der Waals surface area contributed by atoms with Gasteiger partial charge in [0, 0.05) is 35.1 Å². The maximum Gasteiger partial charge on any atom is 0.336 e. The molecule has 0 unspecified atom stereocenters. The van der Waals surface area contributed by atoms with Crippen LogP contribution in [0.25, 0.3) is 0 Å². The number of phenols is 1. The number of ketones is 1. The number of methoxy groups -OCH3 is 1. The third kappa shape index (κ3) is 5.34. The fraction of sp³-hybridized carbons (Fsp3) is 0.357. The zero-order valence-electron chi connectivity index (χ0n) is 20.6. The van der Waals surface area contributed by atoms with Crippen molar-refractivity contribution in [2.24, 2.45) is 0 Å². The van der Waals surface area contributed by atoms with E-state index in [0.29, 0.717) is 52.1 Å². The molecular formula is C28H30BrNO5S. The van der Waals surface area contributed by atoms with E-state index >= 15 is 0 Å². The molecule has 6 nitrogen and oxygen atoms in total. The predicted molar refractivity (Wildman–Crippen MR) is 145 cm³/mol. The van der Waals surface area contributed by atoms with Crippen LogP contribution in [0.1, 0.15) is 49.7 Å². The van der Waals surface area contributed by atoms with Crippen LogP contribution in [0.3, 0.4) is 0 Å². The van der Waals surface area contributed by atoms with Crippen molar-refractivity contribution in [3.63, 3.8) is 0 Å². The summed E-state index contributed by atoms with van der Waals surface area (Å²) in [5, 5.41) is 13.8. The van der Waals surface area contributed by atoms with Gasteiger partial charge in [-0.05, 0) is 64.2 Å². The molecule has 1 aliphatic carbocycles. The SMILES string of the molecule is CCSCCOC(=O)C1=C(C)NC2=C(C(=O)C[C@@H](c3ccccc3)C2)[C@H]1c1cc(Br)c(O)c(OC)c1. The zero-order valence-corrected chi connectivity index (χ0v) is 23.0. The van der Waals surface area contributed by atoms with E-state index in [1.165, 1.54) is 7.11 Å². The molecule has 0 fully saturated rings. The van der Waals surface area contributed by atoms with Gasteiger partial charge in [0.2, 0.25) is 0 Å². The number of ether oxygens (including phenoxy) is 2. The molecular weight excluding hydrogens is 542 g/mol. The van der Waals surface area contributed by atoms with Gasteiger partial charge in [-0.15, -0.1) is 0 Å². The number of esters is 1. The lowest BCUT2D eigenvalue weighted by Gasteiger charge is -2.37. The minimum absolute atomic E-state index is 0.00916. The van der Waals surface area contributed by atoms with Crippen LogP contribution in [0.2, 0.25) is 0 Å². The number of carbonyl (C=O) groups excluding carboxylic acids is 2. The summed E-state index contributed by atoms with van der Waals surface area (Å²) in [5.74, 6) is 0.830. The highest BCUT2D eigenvalue weighted by atomic mass is 79.9. The Morgan fingerprint density at radius 3 is 2.64 bits per heavy atom. The number of allylic oxidation sites excluding steroid dienone is 3. The molecule has 0 aromatic heterocycles. The van der Waals surface area contributed by atoms with Crippen LogP contribution >= 0.6 is 27.7 Å². The summed E-state index contributed by atoms with van der Waals surface area (Å²) in [7, 11) is 1.47. The number of Topliss-reactive ketones (excluding diaryl/α,β-unsaturated/α-hetero) is 1. The molecule has 4 rings (SSSR count). The normalized spacial score (nSPS) is 19.6. The summed E-state index contributed by atoms with van der Waals surface area (Å²) in [4.78, 5) is 27.1. The van der Waals surface area contributed by atoms with E-state index in [2.05, 4.69) is 28.2 Å². The number of benzene rings is 2. The molecule has 2 aromatic carbocycles. The van der Waals surface area contributed by atoms with E-state index in [4.69, 9.17) is 9.47 Å². The molecule has 0 saturated carbocycles. The number of hydrogen-bond acceptors (Lipinski definition) is 7. The summed E-state index contributed by atoms with van der Waals surface area (Å²) in [5.41, 5.74) is 4.25.